The zero-order valence-electron chi connectivity index (χ0n) is 16.9. The smallest absolute Gasteiger partial charge is 0.182 e. The Kier molecular flexibility index (Phi) is 4.59. The van der Waals surface area contributed by atoms with E-state index in [1.54, 1.807) is 19.2 Å². The second-order valence-corrected chi connectivity index (χ2v) is 10.1. The number of fused-ring (bicyclic) bond motifs is 1. The Morgan fingerprint density at radius 3 is 2.90 bits per heavy atom. The lowest BCUT2D eigenvalue weighted by Crippen LogP contribution is -2.44. The van der Waals surface area contributed by atoms with Gasteiger partial charge in [0.15, 0.2) is 15.7 Å². The van der Waals surface area contributed by atoms with Crippen LogP contribution in [0.15, 0.2) is 41.6 Å². The summed E-state index contributed by atoms with van der Waals surface area (Å²) in [6.07, 6.45) is 5.73. The van der Waals surface area contributed by atoms with Gasteiger partial charge in [0.1, 0.15) is 16.7 Å². The number of aromatic amines is 1. The highest BCUT2D eigenvalue weighted by Crippen LogP contribution is 2.39. The molecule has 1 fully saturated rings. The van der Waals surface area contributed by atoms with Crippen LogP contribution in [0, 0.1) is 0 Å². The Labute approximate surface area is 174 Å². The Morgan fingerprint density at radius 2 is 2.13 bits per heavy atom. The van der Waals surface area contributed by atoms with Crippen LogP contribution in [0.25, 0.3) is 22.4 Å². The van der Waals surface area contributed by atoms with Gasteiger partial charge in [0.05, 0.1) is 24.9 Å². The quantitative estimate of drug-likeness (QED) is 0.688. The number of ether oxygens (including phenoxy) is 1. The topological polar surface area (TPSA) is 101 Å². The average molecular weight is 426 g/mol. The van der Waals surface area contributed by atoms with Gasteiger partial charge in [0, 0.05) is 40.9 Å². The molecule has 0 aliphatic carbocycles. The second kappa shape index (κ2) is 7.17. The van der Waals surface area contributed by atoms with Crippen LogP contribution in [-0.2, 0) is 14.6 Å². The third kappa shape index (κ3) is 3.09. The van der Waals surface area contributed by atoms with Crippen LogP contribution in [0.4, 0.5) is 5.82 Å². The molecule has 2 aliphatic rings. The van der Waals surface area contributed by atoms with Crippen LogP contribution in [0.1, 0.15) is 31.2 Å². The van der Waals surface area contributed by atoms with E-state index in [-0.39, 0.29) is 6.04 Å². The summed E-state index contributed by atoms with van der Waals surface area (Å²) in [5.74, 6) is 1.24. The van der Waals surface area contributed by atoms with Crippen molar-refractivity contribution in [2.24, 2.45) is 0 Å². The predicted octanol–water partition coefficient (Wildman–Crippen LogP) is 3.01. The highest BCUT2D eigenvalue weighted by molar-refractivity contribution is 7.95. The zero-order chi connectivity index (χ0) is 20.9. The fraction of sp³-hybridized carbons (Fsp3) is 0.381. The molecule has 0 spiro atoms. The van der Waals surface area contributed by atoms with E-state index in [0.717, 1.165) is 22.4 Å². The summed E-state index contributed by atoms with van der Waals surface area (Å²) in [6.45, 7) is 5.64. The van der Waals surface area contributed by atoms with Gasteiger partial charge in [-0.25, -0.2) is 23.4 Å². The largest absolute Gasteiger partial charge is 0.377 e. The van der Waals surface area contributed by atoms with Crippen molar-refractivity contribution in [1.82, 2.24) is 19.9 Å². The number of hydrogen-bond acceptors (Lipinski definition) is 7. The van der Waals surface area contributed by atoms with Crippen molar-refractivity contribution in [3.8, 4) is 11.4 Å². The number of pyridine rings is 1. The molecule has 0 radical (unpaired) electrons. The first kappa shape index (κ1) is 19.2. The maximum absolute atomic E-state index is 12.9. The van der Waals surface area contributed by atoms with Crippen LogP contribution in [0.2, 0.25) is 0 Å². The van der Waals surface area contributed by atoms with Gasteiger partial charge in [0.25, 0.3) is 0 Å². The molecule has 1 saturated heterocycles. The number of rotatable bonds is 3. The minimum Gasteiger partial charge on any atom is -0.377 e. The molecule has 0 unspecified atom stereocenters. The summed E-state index contributed by atoms with van der Waals surface area (Å²) < 4.78 is 31.3. The third-order valence-electron chi connectivity index (χ3n) is 5.87. The monoisotopic (exact) mass is 425 g/mol. The van der Waals surface area contributed by atoms with Gasteiger partial charge < -0.3 is 14.6 Å². The molecule has 3 aromatic rings. The van der Waals surface area contributed by atoms with Crippen LogP contribution in [0.5, 0.6) is 0 Å². The number of aromatic nitrogens is 4. The summed E-state index contributed by atoms with van der Waals surface area (Å²) in [5, 5.41) is 0.220. The normalized spacial score (nSPS) is 23.7. The molecule has 5 heterocycles. The minimum atomic E-state index is -3.40. The molecule has 0 amide bonds. The van der Waals surface area contributed by atoms with E-state index in [2.05, 4.69) is 21.8 Å². The predicted molar refractivity (Wildman–Crippen MR) is 115 cm³/mol. The van der Waals surface area contributed by atoms with Gasteiger partial charge in [-0.05, 0) is 32.4 Å². The van der Waals surface area contributed by atoms with Crippen LogP contribution in [-0.4, -0.2) is 54.2 Å². The molecular formula is C21H23N5O3S. The van der Waals surface area contributed by atoms with E-state index in [1.807, 2.05) is 24.4 Å². The van der Waals surface area contributed by atoms with E-state index in [0.29, 0.717) is 42.6 Å². The first-order chi connectivity index (χ1) is 14.4. The number of allylic oxidation sites excluding steroid dienone is 2. The van der Waals surface area contributed by atoms with Crippen LogP contribution in [0.3, 0.4) is 0 Å². The number of nitrogens with zero attached hydrogens (tertiary/aromatic N) is 4. The van der Waals surface area contributed by atoms with Crippen molar-refractivity contribution >= 4 is 26.7 Å². The van der Waals surface area contributed by atoms with E-state index in [4.69, 9.17) is 14.7 Å². The van der Waals surface area contributed by atoms with Gasteiger partial charge in [-0.1, -0.05) is 6.08 Å². The Hall–Kier alpha value is -2.78. The summed E-state index contributed by atoms with van der Waals surface area (Å²) in [7, 11) is -3.40. The molecule has 9 heteroatoms. The standard InChI is InChI=1S/C21H23N5O3S/c1-13-12-29-10-9-26(13)19-11-17(18-4-3-14(2)30(18,27)28)24-21(25-19)16-6-8-23-20-15(16)5-7-22-20/h3,5-8,11,13,18H,4,9-10,12H2,1-2H3,(H,22,23)/t13-,18+/m1/s1. The first-order valence-corrected chi connectivity index (χ1v) is 11.6. The molecule has 2 atom stereocenters. The number of sulfone groups is 1. The number of anilines is 1. The second-order valence-electron chi connectivity index (χ2n) is 7.77. The van der Waals surface area contributed by atoms with Gasteiger partial charge in [-0.2, -0.15) is 0 Å². The Balaban J connectivity index is 1.69. The molecule has 2 aliphatic heterocycles. The number of nitrogens with one attached hydrogen (secondary N) is 1. The third-order valence-corrected chi connectivity index (χ3v) is 8.12. The van der Waals surface area contributed by atoms with E-state index in [1.165, 1.54) is 0 Å². The van der Waals surface area contributed by atoms with Gasteiger partial charge in [-0.3, -0.25) is 0 Å². The molecule has 3 aromatic heterocycles. The lowest BCUT2D eigenvalue weighted by Gasteiger charge is -2.34. The Morgan fingerprint density at radius 1 is 1.27 bits per heavy atom. The number of morpholine rings is 1. The van der Waals surface area contributed by atoms with Crippen molar-refractivity contribution in [2.45, 2.75) is 31.6 Å². The molecule has 30 heavy (non-hydrogen) atoms. The van der Waals surface area contributed by atoms with Crippen molar-refractivity contribution in [3.63, 3.8) is 0 Å². The number of H-pyrrole nitrogens is 1. The van der Waals surface area contributed by atoms with Crippen LogP contribution < -0.4 is 4.90 Å². The van der Waals surface area contributed by atoms with Crippen molar-refractivity contribution in [1.29, 1.82) is 0 Å². The number of hydrogen-bond donors (Lipinski definition) is 1. The van der Waals surface area contributed by atoms with E-state index in [9.17, 15) is 8.42 Å². The molecule has 5 rings (SSSR count). The van der Waals surface area contributed by atoms with Crippen molar-refractivity contribution < 1.29 is 13.2 Å². The van der Waals surface area contributed by atoms with Crippen LogP contribution >= 0.6 is 0 Å². The molecular weight excluding hydrogens is 402 g/mol. The van der Waals surface area contributed by atoms with E-state index >= 15 is 0 Å². The highest BCUT2D eigenvalue weighted by Gasteiger charge is 2.35. The summed E-state index contributed by atoms with van der Waals surface area (Å²) in [5.41, 5.74) is 2.10. The van der Waals surface area contributed by atoms with E-state index < -0.39 is 15.1 Å². The summed E-state index contributed by atoms with van der Waals surface area (Å²) in [4.78, 5) is 19.6. The molecule has 156 valence electrons. The molecule has 0 aromatic carbocycles. The average Bonchev–Trinajstić information content (AvgIpc) is 3.32. The molecule has 0 bridgehead atoms. The Bertz CT molecular complexity index is 1250. The maximum Gasteiger partial charge on any atom is 0.182 e. The highest BCUT2D eigenvalue weighted by atomic mass is 32.2. The maximum atomic E-state index is 12.9. The van der Waals surface area contributed by atoms with Gasteiger partial charge in [0.2, 0.25) is 0 Å². The molecule has 8 nitrogen and oxygen atoms in total. The molecule has 0 saturated carbocycles. The summed E-state index contributed by atoms with van der Waals surface area (Å²) in [6, 6.07) is 5.77. The lowest BCUT2D eigenvalue weighted by atomic mass is 10.1. The lowest BCUT2D eigenvalue weighted by molar-refractivity contribution is 0.0985. The SMILES string of the molecule is CC1=CC[C@@H](c2cc(N3CCOC[C@H]3C)nc(-c3ccnc4[nH]ccc34)n2)S1(=O)=O. The fourth-order valence-corrected chi connectivity index (χ4v) is 5.69. The first-order valence-electron chi connectivity index (χ1n) is 10.0. The van der Waals surface area contributed by atoms with Gasteiger partial charge in [-0.15, -0.1) is 0 Å². The minimum absolute atomic E-state index is 0.138. The zero-order valence-corrected chi connectivity index (χ0v) is 17.7. The molecule has 1 N–H and O–H groups in total. The van der Waals surface area contributed by atoms with Gasteiger partial charge >= 0.3 is 0 Å². The summed E-state index contributed by atoms with van der Waals surface area (Å²) >= 11 is 0. The van der Waals surface area contributed by atoms with Crippen molar-refractivity contribution in [3.05, 3.63) is 47.3 Å². The van der Waals surface area contributed by atoms with Crippen molar-refractivity contribution in [2.75, 3.05) is 24.7 Å². The fourth-order valence-electron chi connectivity index (χ4n) is 4.13.